The number of halogens is 1. The fourth-order valence-electron chi connectivity index (χ4n) is 2.40. The van der Waals surface area contributed by atoms with E-state index in [0.29, 0.717) is 11.6 Å². The molecule has 1 fully saturated rings. The Morgan fingerprint density at radius 3 is 2.35 bits per heavy atom. The maximum atomic E-state index is 6.15. The molecule has 1 saturated heterocycles. The Morgan fingerprint density at radius 1 is 1.22 bits per heavy atom. The number of rotatable bonds is 5. The Bertz CT molecular complexity index is 586. The minimum absolute atomic E-state index is 0.365. The van der Waals surface area contributed by atoms with Crippen LogP contribution in [0.5, 0.6) is 5.75 Å². The summed E-state index contributed by atoms with van der Waals surface area (Å²) < 4.78 is 17.6. The average Bonchev–Trinajstić information content (AvgIpc) is 2.66. The number of hydrogen-bond acceptors (Lipinski definition) is 4. The first kappa shape index (κ1) is 18.3. The molecule has 0 atom stereocenters. The summed E-state index contributed by atoms with van der Waals surface area (Å²) in [6.07, 6.45) is 2.03. The molecular weight excluding hydrogens is 312 g/mol. The molecule has 0 radical (unpaired) electrons. The van der Waals surface area contributed by atoms with Crippen molar-refractivity contribution in [3.63, 3.8) is 0 Å². The monoisotopic (exact) mass is 337 g/mol. The van der Waals surface area contributed by atoms with Crippen LogP contribution in [0.4, 0.5) is 0 Å². The molecule has 0 saturated carbocycles. The van der Waals surface area contributed by atoms with Crippen molar-refractivity contribution in [3.8, 4) is 5.75 Å². The quantitative estimate of drug-likeness (QED) is 0.834. The maximum absolute atomic E-state index is 6.15. The molecule has 126 valence electrons. The van der Waals surface area contributed by atoms with E-state index in [1.165, 1.54) is 0 Å². The van der Waals surface area contributed by atoms with Crippen LogP contribution >= 0.6 is 11.6 Å². The van der Waals surface area contributed by atoms with Crippen LogP contribution in [0.1, 0.15) is 33.3 Å². The fourth-order valence-corrected chi connectivity index (χ4v) is 2.63. The predicted octanol–water partition coefficient (Wildman–Crippen LogP) is 3.58. The molecule has 0 spiro atoms. The predicted molar refractivity (Wildman–Crippen MR) is 96.0 cm³/mol. The summed E-state index contributed by atoms with van der Waals surface area (Å²) in [4.78, 5) is 0. The van der Waals surface area contributed by atoms with Crippen molar-refractivity contribution in [2.45, 2.75) is 38.9 Å². The summed E-state index contributed by atoms with van der Waals surface area (Å²) >= 11 is 6.15. The van der Waals surface area contributed by atoms with Crippen LogP contribution < -0.4 is 10.1 Å². The Hall–Kier alpha value is -1.01. The Balaban J connectivity index is 2.34. The van der Waals surface area contributed by atoms with Gasteiger partial charge in [0.25, 0.3) is 0 Å². The molecule has 0 aliphatic carbocycles. The molecule has 0 unspecified atom stereocenters. The molecule has 2 rings (SSSR count). The summed E-state index contributed by atoms with van der Waals surface area (Å²) in [6.45, 7) is 8.85. The fraction of sp³-hybridized carbons (Fsp3) is 0.529. The molecule has 1 heterocycles. The van der Waals surface area contributed by atoms with Gasteiger partial charge in [-0.1, -0.05) is 17.7 Å². The topological polar surface area (TPSA) is 39.7 Å². The van der Waals surface area contributed by atoms with E-state index in [0.717, 1.165) is 16.8 Å². The molecule has 4 nitrogen and oxygen atoms in total. The van der Waals surface area contributed by atoms with Gasteiger partial charge in [-0.3, -0.25) is 0 Å². The van der Waals surface area contributed by atoms with E-state index < -0.39 is 7.12 Å². The summed E-state index contributed by atoms with van der Waals surface area (Å²) in [6, 6.07) is 5.61. The van der Waals surface area contributed by atoms with E-state index in [9.17, 15) is 0 Å². The average molecular weight is 338 g/mol. The number of hydrogen-bond donors (Lipinski definition) is 1. The minimum atomic E-state index is -0.391. The van der Waals surface area contributed by atoms with Gasteiger partial charge in [0.05, 0.1) is 18.3 Å². The highest BCUT2D eigenvalue weighted by Crippen LogP contribution is 2.38. The molecule has 1 N–H and O–H groups in total. The zero-order chi connectivity index (χ0) is 17.3. The van der Waals surface area contributed by atoms with Gasteiger partial charge >= 0.3 is 7.12 Å². The van der Waals surface area contributed by atoms with Crippen molar-refractivity contribution in [3.05, 3.63) is 34.3 Å². The zero-order valence-corrected chi connectivity index (χ0v) is 15.5. The highest BCUT2D eigenvalue weighted by atomic mass is 35.5. The maximum Gasteiger partial charge on any atom is 0.491 e. The van der Waals surface area contributed by atoms with Gasteiger partial charge in [-0.15, -0.1) is 0 Å². The number of ether oxygens (including phenoxy) is 1. The first-order chi connectivity index (χ1) is 10.7. The summed E-state index contributed by atoms with van der Waals surface area (Å²) in [5.74, 6) is 0.724. The highest BCUT2D eigenvalue weighted by Gasteiger charge is 2.52. The highest BCUT2D eigenvalue weighted by molar-refractivity contribution is 6.56. The number of likely N-dealkylation sites (N-methyl/N-ethyl adjacent to an activating group) is 1. The summed E-state index contributed by atoms with van der Waals surface area (Å²) in [5.41, 5.74) is 1.23. The van der Waals surface area contributed by atoms with Gasteiger partial charge in [-0.25, -0.2) is 0 Å². The Labute approximate surface area is 144 Å². The van der Waals surface area contributed by atoms with Crippen molar-refractivity contribution in [2.75, 3.05) is 20.7 Å². The smallest absolute Gasteiger partial charge is 0.491 e. The summed E-state index contributed by atoms with van der Waals surface area (Å²) in [7, 11) is 3.14. The van der Waals surface area contributed by atoms with E-state index in [4.69, 9.17) is 25.6 Å². The van der Waals surface area contributed by atoms with E-state index in [2.05, 4.69) is 5.32 Å². The van der Waals surface area contributed by atoms with Crippen molar-refractivity contribution < 1.29 is 14.0 Å². The van der Waals surface area contributed by atoms with E-state index in [1.54, 1.807) is 13.2 Å². The molecule has 1 aromatic rings. The van der Waals surface area contributed by atoms with Crippen molar-refractivity contribution in [1.29, 1.82) is 0 Å². The SMILES string of the molecule is CNCC(=Cc1cc(Cl)cc(OC)c1)B1OC(C)(C)C(C)(C)O1. The Morgan fingerprint density at radius 2 is 1.83 bits per heavy atom. The minimum Gasteiger partial charge on any atom is -0.497 e. The van der Waals surface area contributed by atoms with Crippen LogP contribution in [0.25, 0.3) is 6.08 Å². The van der Waals surface area contributed by atoms with Gasteiger partial charge in [0.15, 0.2) is 0 Å². The first-order valence-corrected chi connectivity index (χ1v) is 8.11. The Kier molecular flexibility index (Phi) is 5.46. The van der Waals surface area contributed by atoms with Crippen molar-refractivity contribution >= 4 is 24.8 Å². The number of nitrogens with one attached hydrogen (secondary N) is 1. The zero-order valence-electron chi connectivity index (χ0n) is 14.7. The lowest BCUT2D eigenvalue weighted by atomic mass is 9.77. The molecular formula is C17H25BClNO3. The standard InChI is InChI=1S/C17H25BClNO3/c1-16(2)17(3,4)23-18(22-16)13(11-20-5)7-12-8-14(19)10-15(9-12)21-6/h7-10,20H,11H2,1-6H3. The van der Waals surface area contributed by atoms with E-state index >= 15 is 0 Å². The van der Waals surface area contributed by atoms with Gasteiger partial charge in [-0.2, -0.15) is 0 Å². The van der Waals surface area contributed by atoms with Gasteiger partial charge < -0.3 is 19.4 Å². The number of methoxy groups -OCH3 is 1. The molecule has 6 heteroatoms. The lowest BCUT2D eigenvalue weighted by Crippen LogP contribution is -2.41. The number of benzene rings is 1. The molecule has 0 amide bonds. The van der Waals surface area contributed by atoms with Gasteiger partial charge in [-0.05, 0) is 64.0 Å². The third kappa shape index (κ3) is 4.10. The summed E-state index contributed by atoms with van der Waals surface area (Å²) in [5, 5.41) is 3.80. The van der Waals surface area contributed by atoms with E-state index in [1.807, 2.05) is 53.0 Å². The molecule has 1 aliphatic heterocycles. The first-order valence-electron chi connectivity index (χ1n) is 7.74. The van der Waals surface area contributed by atoms with Crippen LogP contribution in [-0.4, -0.2) is 39.0 Å². The van der Waals surface area contributed by atoms with Crippen molar-refractivity contribution in [2.24, 2.45) is 0 Å². The van der Waals surface area contributed by atoms with E-state index in [-0.39, 0.29) is 11.2 Å². The van der Waals surface area contributed by atoms with Gasteiger partial charge in [0.2, 0.25) is 0 Å². The van der Waals surface area contributed by atoms with Crippen LogP contribution in [0, 0.1) is 0 Å². The van der Waals surface area contributed by atoms with Crippen LogP contribution in [0.3, 0.4) is 0 Å². The van der Waals surface area contributed by atoms with Crippen LogP contribution in [0.2, 0.25) is 5.02 Å². The molecule has 0 bridgehead atoms. The molecule has 0 aromatic heterocycles. The third-order valence-corrected chi connectivity index (χ3v) is 4.64. The normalized spacial score (nSPS) is 20.0. The molecule has 1 aliphatic rings. The second-order valence-electron chi connectivity index (χ2n) is 6.76. The second-order valence-corrected chi connectivity index (χ2v) is 7.20. The van der Waals surface area contributed by atoms with Gasteiger partial charge in [0.1, 0.15) is 5.75 Å². The third-order valence-electron chi connectivity index (χ3n) is 4.42. The lowest BCUT2D eigenvalue weighted by Gasteiger charge is -2.32. The largest absolute Gasteiger partial charge is 0.497 e. The van der Waals surface area contributed by atoms with Crippen LogP contribution in [-0.2, 0) is 9.31 Å². The lowest BCUT2D eigenvalue weighted by molar-refractivity contribution is 0.00578. The molecule has 1 aromatic carbocycles. The van der Waals surface area contributed by atoms with Gasteiger partial charge in [0, 0.05) is 11.6 Å². The molecule has 23 heavy (non-hydrogen) atoms. The van der Waals surface area contributed by atoms with Crippen molar-refractivity contribution in [1.82, 2.24) is 5.32 Å². The second kappa shape index (κ2) is 6.85. The van der Waals surface area contributed by atoms with Crippen LogP contribution in [0.15, 0.2) is 23.7 Å².